The van der Waals surface area contributed by atoms with Crippen LogP contribution in [0.2, 0.25) is 0 Å². The van der Waals surface area contributed by atoms with Gasteiger partial charge in [0.05, 0.1) is 22.9 Å². The first kappa shape index (κ1) is 14.2. The average molecular weight is 276 g/mol. The highest BCUT2D eigenvalue weighted by Gasteiger charge is 2.30. The molecule has 2 atom stereocenters. The molecule has 2 unspecified atom stereocenters. The summed E-state index contributed by atoms with van der Waals surface area (Å²) in [6, 6.07) is 5.41. The van der Waals surface area contributed by atoms with E-state index >= 15 is 0 Å². The zero-order valence-electron chi connectivity index (χ0n) is 11.5. The van der Waals surface area contributed by atoms with Crippen molar-refractivity contribution in [2.75, 3.05) is 17.2 Å². The molecule has 108 valence electrons. The van der Waals surface area contributed by atoms with Gasteiger partial charge < -0.3 is 22.1 Å². The Hall–Kier alpha value is -2.24. The lowest BCUT2D eigenvalue weighted by Crippen LogP contribution is -2.46. The van der Waals surface area contributed by atoms with Crippen molar-refractivity contribution in [3.63, 3.8) is 0 Å². The molecule has 0 saturated carbocycles. The summed E-state index contributed by atoms with van der Waals surface area (Å²) in [5.74, 6) is -1.05. The maximum absolute atomic E-state index is 11.4. The normalized spacial score (nSPS) is 22.6. The van der Waals surface area contributed by atoms with Crippen LogP contribution in [0.4, 0.5) is 11.4 Å². The van der Waals surface area contributed by atoms with Crippen molar-refractivity contribution in [2.45, 2.75) is 25.8 Å². The standard InChI is InChI=1S/C14H20N4O2/c1-8-5-6-9(13(16)19)7-18(8)11-4-2-3-10(12(11)15)14(17)20/h2-4,8-9H,5-7,15H2,1H3,(H2,16,19)(H2,17,20). The van der Waals surface area contributed by atoms with Gasteiger partial charge in [0.15, 0.2) is 0 Å². The molecule has 20 heavy (non-hydrogen) atoms. The van der Waals surface area contributed by atoms with Gasteiger partial charge in [-0.15, -0.1) is 0 Å². The molecule has 1 aliphatic heterocycles. The maximum atomic E-state index is 11.4. The van der Waals surface area contributed by atoms with E-state index in [2.05, 4.69) is 6.92 Å². The van der Waals surface area contributed by atoms with E-state index in [0.29, 0.717) is 17.8 Å². The number of amides is 2. The monoisotopic (exact) mass is 276 g/mol. The van der Waals surface area contributed by atoms with Crippen LogP contribution in [0.5, 0.6) is 0 Å². The Morgan fingerprint density at radius 1 is 1.25 bits per heavy atom. The van der Waals surface area contributed by atoms with Gasteiger partial charge >= 0.3 is 0 Å². The molecule has 1 aromatic carbocycles. The van der Waals surface area contributed by atoms with Gasteiger partial charge in [-0.25, -0.2) is 0 Å². The van der Waals surface area contributed by atoms with Gasteiger partial charge in [0.2, 0.25) is 5.91 Å². The SMILES string of the molecule is CC1CCC(C(N)=O)CN1c1cccc(C(N)=O)c1N. The molecule has 0 spiro atoms. The van der Waals surface area contributed by atoms with E-state index in [1.807, 2.05) is 11.0 Å². The van der Waals surface area contributed by atoms with Crippen LogP contribution in [0.3, 0.4) is 0 Å². The topological polar surface area (TPSA) is 115 Å². The van der Waals surface area contributed by atoms with E-state index < -0.39 is 5.91 Å². The second-order valence-electron chi connectivity index (χ2n) is 5.28. The van der Waals surface area contributed by atoms with Crippen molar-refractivity contribution in [3.05, 3.63) is 23.8 Å². The summed E-state index contributed by atoms with van der Waals surface area (Å²) in [6.45, 7) is 2.58. The minimum atomic E-state index is -0.555. The van der Waals surface area contributed by atoms with Gasteiger partial charge in [-0.05, 0) is 31.9 Å². The van der Waals surface area contributed by atoms with Crippen molar-refractivity contribution < 1.29 is 9.59 Å². The predicted octanol–water partition coefficient (Wildman–Crippen LogP) is 0.458. The van der Waals surface area contributed by atoms with Gasteiger partial charge in [-0.3, -0.25) is 9.59 Å². The van der Waals surface area contributed by atoms with Gasteiger partial charge in [-0.1, -0.05) is 6.07 Å². The summed E-state index contributed by atoms with van der Waals surface area (Å²) < 4.78 is 0. The number of primary amides is 2. The number of benzene rings is 1. The van der Waals surface area contributed by atoms with Crippen molar-refractivity contribution >= 4 is 23.2 Å². The summed E-state index contributed by atoms with van der Waals surface area (Å²) in [6.07, 6.45) is 1.64. The van der Waals surface area contributed by atoms with Gasteiger partial charge in [-0.2, -0.15) is 0 Å². The number of hydrogen-bond acceptors (Lipinski definition) is 4. The molecule has 0 aromatic heterocycles. The van der Waals surface area contributed by atoms with E-state index in [-0.39, 0.29) is 17.9 Å². The fraction of sp³-hybridized carbons (Fsp3) is 0.429. The molecule has 2 rings (SSSR count). The summed E-state index contributed by atoms with van der Waals surface area (Å²) >= 11 is 0. The molecule has 1 aromatic rings. The smallest absolute Gasteiger partial charge is 0.250 e. The highest BCUT2D eigenvalue weighted by molar-refractivity contribution is 6.01. The molecular weight excluding hydrogens is 256 g/mol. The molecule has 2 amide bonds. The summed E-state index contributed by atoms with van der Waals surface area (Å²) in [4.78, 5) is 24.8. The molecule has 0 radical (unpaired) electrons. The quantitative estimate of drug-likeness (QED) is 0.695. The Morgan fingerprint density at radius 2 is 1.95 bits per heavy atom. The number of nitrogen functional groups attached to an aromatic ring is 1. The van der Waals surface area contributed by atoms with E-state index in [1.54, 1.807) is 12.1 Å². The lowest BCUT2D eigenvalue weighted by Gasteiger charge is -2.39. The lowest BCUT2D eigenvalue weighted by atomic mass is 9.92. The van der Waals surface area contributed by atoms with Crippen LogP contribution in [0.25, 0.3) is 0 Å². The molecule has 0 aliphatic carbocycles. The number of carbonyl (C=O) groups excluding carboxylic acids is 2. The number of anilines is 2. The van der Waals surface area contributed by atoms with Crippen LogP contribution < -0.4 is 22.1 Å². The lowest BCUT2D eigenvalue weighted by molar-refractivity contribution is -0.122. The number of para-hydroxylation sites is 1. The van der Waals surface area contributed by atoms with Crippen molar-refractivity contribution in [3.8, 4) is 0 Å². The molecule has 1 heterocycles. The third-order valence-electron chi connectivity index (χ3n) is 3.94. The van der Waals surface area contributed by atoms with E-state index in [1.165, 1.54) is 0 Å². The fourth-order valence-corrected chi connectivity index (χ4v) is 2.69. The molecule has 1 saturated heterocycles. The fourth-order valence-electron chi connectivity index (χ4n) is 2.69. The van der Waals surface area contributed by atoms with Crippen LogP contribution >= 0.6 is 0 Å². The van der Waals surface area contributed by atoms with Crippen molar-refractivity contribution in [1.82, 2.24) is 0 Å². The molecule has 6 nitrogen and oxygen atoms in total. The molecule has 0 bridgehead atoms. The molecule has 1 aliphatic rings. The third kappa shape index (κ3) is 2.54. The number of nitrogens with zero attached hydrogens (tertiary/aromatic N) is 1. The first-order valence-electron chi connectivity index (χ1n) is 6.66. The molecule has 6 N–H and O–H groups in total. The summed E-state index contributed by atoms with van der Waals surface area (Å²) in [5, 5.41) is 0. The zero-order valence-corrected chi connectivity index (χ0v) is 11.5. The first-order chi connectivity index (χ1) is 9.41. The Morgan fingerprint density at radius 3 is 2.55 bits per heavy atom. The van der Waals surface area contributed by atoms with Crippen LogP contribution in [0.1, 0.15) is 30.1 Å². The van der Waals surface area contributed by atoms with Gasteiger partial charge in [0.1, 0.15) is 0 Å². The van der Waals surface area contributed by atoms with Crippen molar-refractivity contribution in [2.24, 2.45) is 17.4 Å². The van der Waals surface area contributed by atoms with Crippen LogP contribution in [0.15, 0.2) is 18.2 Å². The molecular formula is C14H20N4O2. The second-order valence-corrected chi connectivity index (χ2v) is 5.28. The predicted molar refractivity (Wildman–Crippen MR) is 78.1 cm³/mol. The Kier molecular flexibility index (Phi) is 3.83. The maximum Gasteiger partial charge on any atom is 0.250 e. The van der Waals surface area contributed by atoms with Gasteiger partial charge in [0.25, 0.3) is 5.91 Å². The van der Waals surface area contributed by atoms with Gasteiger partial charge in [0, 0.05) is 12.6 Å². The number of carbonyl (C=O) groups is 2. The highest BCUT2D eigenvalue weighted by atomic mass is 16.1. The minimum absolute atomic E-state index is 0.192. The highest BCUT2D eigenvalue weighted by Crippen LogP contribution is 2.33. The molecule has 1 fully saturated rings. The number of rotatable bonds is 3. The Bertz CT molecular complexity index is 544. The zero-order chi connectivity index (χ0) is 14.9. The van der Waals surface area contributed by atoms with E-state index in [9.17, 15) is 9.59 Å². The van der Waals surface area contributed by atoms with Crippen LogP contribution in [-0.4, -0.2) is 24.4 Å². The van der Waals surface area contributed by atoms with E-state index in [4.69, 9.17) is 17.2 Å². The minimum Gasteiger partial charge on any atom is -0.396 e. The Balaban J connectivity index is 2.36. The summed E-state index contributed by atoms with van der Waals surface area (Å²) in [7, 11) is 0. The van der Waals surface area contributed by atoms with E-state index in [0.717, 1.165) is 18.5 Å². The van der Waals surface area contributed by atoms with Crippen LogP contribution in [0, 0.1) is 5.92 Å². The number of hydrogen-bond donors (Lipinski definition) is 3. The van der Waals surface area contributed by atoms with Crippen molar-refractivity contribution in [1.29, 1.82) is 0 Å². The largest absolute Gasteiger partial charge is 0.396 e. The molecule has 6 heteroatoms. The number of nitrogens with two attached hydrogens (primary N) is 3. The first-order valence-corrected chi connectivity index (χ1v) is 6.66. The van der Waals surface area contributed by atoms with Crippen LogP contribution in [-0.2, 0) is 4.79 Å². The third-order valence-corrected chi connectivity index (χ3v) is 3.94. The second kappa shape index (κ2) is 5.40. The number of piperidine rings is 1. The Labute approximate surface area is 117 Å². The summed E-state index contributed by atoms with van der Waals surface area (Å²) in [5.41, 5.74) is 18.1. The average Bonchev–Trinajstić information content (AvgIpc) is 2.39.